The van der Waals surface area contributed by atoms with Crippen LogP contribution >= 0.6 is 0 Å². The smallest absolute Gasteiger partial charge is 0.295 e. The Hall–Kier alpha value is -3.93. The number of pyridine rings is 1. The lowest BCUT2D eigenvalue weighted by Crippen LogP contribution is -2.29. The lowest BCUT2D eigenvalue weighted by atomic mass is 9.94. The molecule has 1 atom stereocenters. The molecule has 1 aromatic heterocycles. The molecule has 1 aliphatic heterocycles. The molecule has 1 amide bonds. The van der Waals surface area contributed by atoms with E-state index in [0.717, 1.165) is 16.7 Å². The summed E-state index contributed by atoms with van der Waals surface area (Å²) in [6.07, 6.45) is 3.32. The van der Waals surface area contributed by atoms with Crippen LogP contribution in [0.5, 0.6) is 5.75 Å². The summed E-state index contributed by atoms with van der Waals surface area (Å²) in [6, 6.07) is 17.4. The Morgan fingerprint density at radius 2 is 1.78 bits per heavy atom. The molecule has 4 rings (SSSR count). The Morgan fingerprint density at radius 3 is 2.41 bits per heavy atom. The molecule has 0 spiro atoms. The second kappa shape index (κ2) is 9.06. The van der Waals surface area contributed by atoms with Gasteiger partial charge in [-0.15, -0.1) is 0 Å². The summed E-state index contributed by atoms with van der Waals surface area (Å²) in [7, 11) is 0. The number of aliphatic hydroxyl groups excluding tert-OH is 1. The SMILES string of the molecule is CCOc1ccc(/C(O)=C2\C(=O)C(=O)N(Cc3cccnc3)[C@@H]2c2ccc(C)cc2)cc1. The Bertz CT molecular complexity index is 1150. The number of ether oxygens (including phenoxy) is 1. The highest BCUT2D eigenvalue weighted by Gasteiger charge is 2.46. The molecular formula is C26H24N2O4. The molecule has 2 heterocycles. The first-order valence-corrected chi connectivity index (χ1v) is 10.5. The van der Waals surface area contributed by atoms with Crippen LogP contribution in [0.15, 0.2) is 78.6 Å². The Kier molecular flexibility index (Phi) is 6.03. The van der Waals surface area contributed by atoms with Crippen molar-refractivity contribution in [2.75, 3.05) is 6.61 Å². The zero-order chi connectivity index (χ0) is 22.7. The topological polar surface area (TPSA) is 79.7 Å². The molecule has 2 aromatic carbocycles. The van der Waals surface area contributed by atoms with Gasteiger partial charge < -0.3 is 14.7 Å². The number of carbonyl (C=O) groups excluding carboxylic acids is 2. The van der Waals surface area contributed by atoms with Gasteiger partial charge in [-0.2, -0.15) is 0 Å². The average Bonchev–Trinajstić information content (AvgIpc) is 3.05. The van der Waals surface area contributed by atoms with E-state index in [1.54, 1.807) is 42.7 Å². The fraction of sp³-hybridized carbons (Fsp3) is 0.192. The minimum atomic E-state index is -0.706. The van der Waals surface area contributed by atoms with Crippen molar-refractivity contribution in [3.05, 3.63) is 101 Å². The molecule has 1 N–H and O–H groups in total. The zero-order valence-corrected chi connectivity index (χ0v) is 18.0. The van der Waals surface area contributed by atoms with Crippen LogP contribution in [0.4, 0.5) is 0 Å². The molecule has 1 saturated heterocycles. The molecule has 6 nitrogen and oxygen atoms in total. The van der Waals surface area contributed by atoms with Gasteiger partial charge in [-0.05, 0) is 55.3 Å². The quantitative estimate of drug-likeness (QED) is 0.357. The van der Waals surface area contributed by atoms with E-state index >= 15 is 0 Å². The molecule has 32 heavy (non-hydrogen) atoms. The maximum absolute atomic E-state index is 13.1. The lowest BCUT2D eigenvalue weighted by molar-refractivity contribution is -0.140. The number of aliphatic hydroxyl groups is 1. The minimum Gasteiger partial charge on any atom is -0.507 e. The summed E-state index contributed by atoms with van der Waals surface area (Å²) < 4.78 is 5.46. The van der Waals surface area contributed by atoms with Crippen molar-refractivity contribution in [1.82, 2.24) is 9.88 Å². The van der Waals surface area contributed by atoms with E-state index in [4.69, 9.17) is 4.74 Å². The predicted octanol–water partition coefficient (Wildman–Crippen LogP) is 4.41. The van der Waals surface area contributed by atoms with Crippen LogP contribution in [0, 0.1) is 6.92 Å². The monoisotopic (exact) mass is 428 g/mol. The van der Waals surface area contributed by atoms with E-state index in [-0.39, 0.29) is 17.9 Å². The minimum absolute atomic E-state index is 0.0758. The number of nitrogens with zero attached hydrogens (tertiary/aromatic N) is 2. The van der Waals surface area contributed by atoms with E-state index in [0.29, 0.717) is 17.9 Å². The molecule has 3 aromatic rings. The van der Waals surface area contributed by atoms with Gasteiger partial charge in [-0.1, -0.05) is 35.9 Å². The van der Waals surface area contributed by atoms with Gasteiger partial charge in [0.25, 0.3) is 11.7 Å². The number of ketones is 1. The van der Waals surface area contributed by atoms with Gasteiger partial charge in [0.2, 0.25) is 0 Å². The van der Waals surface area contributed by atoms with Crippen LogP contribution in [0.2, 0.25) is 0 Å². The van der Waals surface area contributed by atoms with E-state index < -0.39 is 17.7 Å². The first-order valence-electron chi connectivity index (χ1n) is 10.5. The number of amides is 1. The standard InChI is InChI=1S/C26H24N2O4/c1-3-32-21-12-10-20(11-13-21)24(29)22-23(19-8-6-17(2)7-9-19)28(26(31)25(22)30)16-18-5-4-14-27-15-18/h4-15,23,29H,3,16H2,1-2H3/b24-22+/t23-/m1/s1. The number of aryl methyl sites for hydroxylation is 1. The van der Waals surface area contributed by atoms with Gasteiger partial charge in [-0.3, -0.25) is 14.6 Å². The highest BCUT2D eigenvalue weighted by molar-refractivity contribution is 6.46. The zero-order valence-electron chi connectivity index (χ0n) is 18.0. The molecule has 0 unspecified atom stereocenters. The van der Waals surface area contributed by atoms with Crippen molar-refractivity contribution in [3.63, 3.8) is 0 Å². The summed E-state index contributed by atoms with van der Waals surface area (Å²) in [5.41, 5.74) is 3.14. The number of aromatic nitrogens is 1. The van der Waals surface area contributed by atoms with Gasteiger partial charge in [0, 0.05) is 24.5 Å². The van der Waals surface area contributed by atoms with E-state index in [9.17, 15) is 14.7 Å². The number of rotatable bonds is 6. The molecular weight excluding hydrogens is 404 g/mol. The highest BCUT2D eigenvalue weighted by Crippen LogP contribution is 2.40. The molecule has 0 saturated carbocycles. The fourth-order valence-corrected chi connectivity index (χ4v) is 3.86. The molecule has 162 valence electrons. The fourth-order valence-electron chi connectivity index (χ4n) is 3.86. The number of likely N-dealkylation sites (tertiary alicyclic amines) is 1. The number of hydrogen-bond acceptors (Lipinski definition) is 5. The average molecular weight is 428 g/mol. The molecule has 0 aliphatic carbocycles. The van der Waals surface area contributed by atoms with Crippen LogP contribution in [0.1, 0.15) is 35.2 Å². The summed E-state index contributed by atoms with van der Waals surface area (Å²) in [4.78, 5) is 31.7. The van der Waals surface area contributed by atoms with Crippen molar-refractivity contribution < 1.29 is 19.4 Å². The van der Waals surface area contributed by atoms with Crippen molar-refractivity contribution in [3.8, 4) is 5.75 Å². The summed E-state index contributed by atoms with van der Waals surface area (Å²) in [5, 5.41) is 11.1. The van der Waals surface area contributed by atoms with Crippen molar-refractivity contribution >= 4 is 17.4 Å². The predicted molar refractivity (Wildman–Crippen MR) is 121 cm³/mol. The highest BCUT2D eigenvalue weighted by atomic mass is 16.5. The number of hydrogen-bond donors (Lipinski definition) is 1. The van der Waals surface area contributed by atoms with E-state index in [2.05, 4.69) is 4.98 Å². The first-order chi connectivity index (χ1) is 15.5. The summed E-state index contributed by atoms with van der Waals surface area (Å²) >= 11 is 0. The summed E-state index contributed by atoms with van der Waals surface area (Å²) in [6.45, 7) is 4.59. The number of benzene rings is 2. The molecule has 1 fully saturated rings. The maximum atomic E-state index is 13.1. The number of carbonyl (C=O) groups is 2. The Balaban J connectivity index is 1.81. The van der Waals surface area contributed by atoms with Crippen molar-refractivity contribution in [2.24, 2.45) is 0 Å². The third-order valence-corrected chi connectivity index (χ3v) is 5.45. The normalized spacial score (nSPS) is 17.6. The third-order valence-electron chi connectivity index (χ3n) is 5.45. The van der Waals surface area contributed by atoms with Gasteiger partial charge in [-0.25, -0.2) is 0 Å². The Morgan fingerprint density at radius 1 is 1.06 bits per heavy atom. The van der Waals surface area contributed by atoms with E-state index in [1.165, 1.54) is 4.90 Å². The largest absolute Gasteiger partial charge is 0.507 e. The Labute approximate surface area is 186 Å². The van der Waals surface area contributed by atoms with Gasteiger partial charge in [0.15, 0.2) is 0 Å². The maximum Gasteiger partial charge on any atom is 0.295 e. The first kappa shape index (κ1) is 21.3. The second-order valence-corrected chi connectivity index (χ2v) is 7.66. The van der Waals surface area contributed by atoms with Crippen LogP contribution in [0.3, 0.4) is 0 Å². The molecule has 6 heteroatoms. The third kappa shape index (κ3) is 4.12. The van der Waals surface area contributed by atoms with Gasteiger partial charge in [0.05, 0.1) is 18.2 Å². The summed E-state index contributed by atoms with van der Waals surface area (Å²) in [5.74, 6) is -0.889. The molecule has 0 bridgehead atoms. The second-order valence-electron chi connectivity index (χ2n) is 7.66. The number of Topliss-reactive ketones (excluding diaryl/α,β-unsaturated/α-hetero) is 1. The molecule has 1 aliphatic rings. The van der Waals surface area contributed by atoms with Crippen LogP contribution in [0.25, 0.3) is 5.76 Å². The van der Waals surface area contributed by atoms with Crippen molar-refractivity contribution in [1.29, 1.82) is 0 Å². The lowest BCUT2D eigenvalue weighted by Gasteiger charge is -2.25. The molecule has 0 radical (unpaired) electrons. The van der Waals surface area contributed by atoms with Gasteiger partial charge in [0.1, 0.15) is 11.5 Å². The van der Waals surface area contributed by atoms with Crippen LogP contribution in [-0.2, 0) is 16.1 Å². The van der Waals surface area contributed by atoms with Gasteiger partial charge >= 0.3 is 0 Å². The van der Waals surface area contributed by atoms with Crippen molar-refractivity contribution in [2.45, 2.75) is 26.4 Å². The van der Waals surface area contributed by atoms with Crippen LogP contribution in [-0.4, -0.2) is 33.3 Å². The van der Waals surface area contributed by atoms with E-state index in [1.807, 2.05) is 44.2 Å². The van der Waals surface area contributed by atoms with Crippen LogP contribution < -0.4 is 4.74 Å².